The predicted octanol–water partition coefficient (Wildman–Crippen LogP) is 2.86. The zero-order chi connectivity index (χ0) is 15.9. The van der Waals surface area contributed by atoms with Gasteiger partial charge in [-0.3, -0.25) is 4.79 Å². The van der Waals surface area contributed by atoms with Gasteiger partial charge in [-0.05, 0) is 49.2 Å². The van der Waals surface area contributed by atoms with Gasteiger partial charge in [0.2, 0.25) is 0 Å². The molecule has 0 aliphatic carbocycles. The van der Waals surface area contributed by atoms with Gasteiger partial charge in [0.1, 0.15) is 5.82 Å². The van der Waals surface area contributed by atoms with Gasteiger partial charge in [0.15, 0.2) is 0 Å². The normalized spacial score (nSPS) is 12.0. The molecular weight excluding hydrogens is 279 g/mol. The highest BCUT2D eigenvalue weighted by molar-refractivity contribution is 5.94. The molecule has 4 heteroatoms. The van der Waals surface area contributed by atoms with Gasteiger partial charge in [0, 0.05) is 18.7 Å². The average molecular weight is 300 g/mol. The van der Waals surface area contributed by atoms with Crippen LogP contribution in [0.15, 0.2) is 54.6 Å². The summed E-state index contributed by atoms with van der Waals surface area (Å²) >= 11 is 0. The third kappa shape index (κ3) is 4.15. The van der Waals surface area contributed by atoms with Crippen molar-refractivity contribution in [1.29, 1.82) is 0 Å². The maximum Gasteiger partial charge on any atom is 0.253 e. The minimum atomic E-state index is -0.257. The van der Waals surface area contributed by atoms with Crippen molar-refractivity contribution >= 4 is 5.91 Å². The lowest BCUT2D eigenvalue weighted by Crippen LogP contribution is -2.39. The molecule has 2 aromatic carbocycles. The van der Waals surface area contributed by atoms with Crippen LogP contribution in [0, 0.1) is 5.82 Å². The molecule has 2 N–H and O–H groups in total. The van der Waals surface area contributed by atoms with Crippen molar-refractivity contribution in [2.75, 3.05) is 13.6 Å². The molecular formula is C18H21FN2O. The first kappa shape index (κ1) is 16.2. The molecule has 0 heterocycles. The molecule has 2 aromatic rings. The van der Waals surface area contributed by atoms with Gasteiger partial charge in [-0.15, -0.1) is 0 Å². The molecule has 0 bridgehead atoms. The summed E-state index contributed by atoms with van der Waals surface area (Å²) in [5.74, 6) is -0.283. The Labute approximate surface area is 130 Å². The summed E-state index contributed by atoms with van der Waals surface area (Å²) in [7, 11) is 1.79. The van der Waals surface area contributed by atoms with Crippen molar-refractivity contribution < 1.29 is 9.18 Å². The number of carbonyl (C=O) groups is 1. The van der Waals surface area contributed by atoms with E-state index < -0.39 is 0 Å². The van der Waals surface area contributed by atoms with Gasteiger partial charge in [-0.1, -0.05) is 30.3 Å². The summed E-state index contributed by atoms with van der Waals surface area (Å²) in [6, 6.07) is 15.5. The number of carbonyl (C=O) groups excluding carboxylic acids is 1. The van der Waals surface area contributed by atoms with Crippen LogP contribution in [0.1, 0.15) is 22.3 Å². The number of halogens is 1. The van der Waals surface area contributed by atoms with E-state index in [1.54, 1.807) is 36.2 Å². The predicted molar refractivity (Wildman–Crippen MR) is 86.1 cm³/mol. The van der Waals surface area contributed by atoms with Crippen LogP contribution in [-0.2, 0) is 6.42 Å². The molecule has 0 saturated carbocycles. The summed E-state index contributed by atoms with van der Waals surface area (Å²) in [5, 5.41) is 0. The van der Waals surface area contributed by atoms with Crippen LogP contribution >= 0.6 is 0 Å². The van der Waals surface area contributed by atoms with Crippen LogP contribution in [-0.4, -0.2) is 30.4 Å². The fraction of sp³-hybridized carbons (Fsp3) is 0.278. The molecule has 1 amide bonds. The maximum absolute atomic E-state index is 13.0. The summed E-state index contributed by atoms with van der Waals surface area (Å²) in [5.41, 5.74) is 7.34. The lowest BCUT2D eigenvalue weighted by Gasteiger charge is -2.28. The van der Waals surface area contributed by atoms with E-state index in [0.29, 0.717) is 24.9 Å². The number of nitrogens with two attached hydrogens (primary N) is 1. The number of hydrogen-bond donors (Lipinski definition) is 1. The molecule has 0 saturated heterocycles. The van der Waals surface area contributed by atoms with Gasteiger partial charge < -0.3 is 10.6 Å². The quantitative estimate of drug-likeness (QED) is 0.891. The fourth-order valence-corrected chi connectivity index (χ4v) is 2.47. The Bertz CT molecular complexity index is 598. The Hall–Kier alpha value is -2.20. The largest absolute Gasteiger partial charge is 0.338 e. The minimum Gasteiger partial charge on any atom is -0.338 e. The Morgan fingerprint density at radius 3 is 2.36 bits per heavy atom. The van der Waals surface area contributed by atoms with Crippen LogP contribution in [0.3, 0.4) is 0 Å². The maximum atomic E-state index is 13.0. The second kappa shape index (κ2) is 7.71. The Morgan fingerprint density at radius 2 is 1.77 bits per heavy atom. The summed E-state index contributed by atoms with van der Waals surface area (Å²) < 4.78 is 13.0. The lowest BCUT2D eigenvalue weighted by atomic mass is 10.0. The third-order valence-electron chi connectivity index (χ3n) is 3.77. The van der Waals surface area contributed by atoms with E-state index in [4.69, 9.17) is 5.73 Å². The summed E-state index contributed by atoms with van der Waals surface area (Å²) in [4.78, 5) is 14.3. The SMILES string of the molecule is CN(C(=O)c1ccccc1)C(CCN)Cc1ccc(F)cc1. The van der Waals surface area contributed by atoms with Gasteiger partial charge >= 0.3 is 0 Å². The van der Waals surface area contributed by atoms with Crippen LogP contribution in [0.25, 0.3) is 0 Å². The topological polar surface area (TPSA) is 46.3 Å². The molecule has 2 rings (SSSR count). The lowest BCUT2D eigenvalue weighted by molar-refractivity contribution is 0.0725. The van der Waals surface area contributed by atoms with E-state index in [1.165, 1.54) is 12.1 Å². The van der Waals surface area contributed by atoms with Crippen molar-refractivity contribution in [1.82, 2.24) is 4.90 Å². The van der Waals surface area contributed by atoms with Crippen LogP contribution in [0.2, 0.25) is 0 Å². The number of likely N-dealkylation sites (N-methyl/N-ethyl adjacent to an activating group) is 1. The van der Waals surface area contributed by atoms with Gasteiger partial charge in [0.25, 0.3) is 5.91 Å². The number of amides is 1. The fourth-order valence-electron chi connectivity index (χ4n) is 2.47. The molecule has 1 atom stereocenters. The molecule has 116 valence electrons. The van der Waals surface area contributed by atoms with E-state index in [1.807, 2.05) is 18.2 Å². The van der Waals surface area contributed by atoms with E-state index >= 15 is 0 Å². The van der Waals surface area contributed by atoms with Crippen molar-refractivity contribution in [2.45, 2.75) is 18.9 Å². The molecule has 0 fully saturated rings. The number of rotatable bonds is 6. The Morgan fingerprint density at radius 1 is 1.14 bits per heavy atom. The summed E-state index contributed by atoms with van der Waals surface area (Å²) in [6.45, 7) is 0.498. The van der Waals surface area contributed by atoms with Crippen molar-refractivity contribution in [3.63, 3.8) is 0 Å². The number of benzene rings is 2. The van der Waals surface area contributed by atoms with Crippen molar-refractivity contribution in [3.8, 4) is 0 Å². The highest BCUT2D eigenvalue weighted by atomic mass is 19.1. The van der Waals surface area contributed by atoms with Gasteiger partial charge in [-0.2, -0.15) is 0 Å². The molecule has 3 nitrogen and oxygen atoms in total. The van der Waals surface area contributed by atoms with Gasteiger partial charge in [-0.25, -0.2) is 4.39 Å². The smallest absolute Gasteiger partial charge is 0.253 e. The minimum absolute atomic E-state index is 0.0110. The van der Waals surface area contributed by atoms with Crippen molar-refractivity contribution in [2.24, 2.45) is 5.73 Å². The van der Waals surface area contributed by atoms with E-state index in [-0.39, 0.29) is 17.8 Å². The molecule has 22 heavy (non-hydrogen) atoms. The average Bonchev–Trinajstić information content (AvgIpc) is 2.56. The molecule has 0 aromatic heterocycles. The zero-order valence-electron chi connectivity index (χ0n) is 12.7. The standard InChI is InChI=1S/C18H21FN2O/c1-21(18(22)15-5-3-2-4-6-15)17(11-12-20)13-14-7-9-16(19)10-8-14/h2-10,17H,11-13,20H2,1H3. The zero-order valence-corrected chi connectivity index (χ0v) is 12.7. The summed E-state index contributed by atoms with van der Waals surface area (Å²) in [6.07, 6.45) is 1.36. The molecule has 0 aliphatic heterocycles. The first-order valence-electron chi connectivity index (χ1n) is 7.38. The van der Waals surface area contributed by atoms with Crippen molar-refractivity contribution in [3.05, 3.63) is 71.5 Å². The van der Waals surface area contributed by atoms with Crippen LogP contribution in [0.4, 0.5) is 4.39 Å². The van der Waals surface area contributed by atoms with Crippen LogP contribution in [0.5, 0.6) is 0 Å². The third-order valence-corrected chi connectivity index (χ3v) is 3.77. The second-order valence-electron chi connectivity index (χ2n) is 5.34. The highest BCUT2D eigenvalue weighted by Crippen LogP contribution is 2.14. The van der Waals surface area contributed by atoms with E-state index in [0.717, 1.165) is 5.56 Å². The second-order valence-corrected chi connectivity index (χ2v) is 5.34. The number of hydrogen-bond acceptors (Lipinski definition) is 2. The highest BCUT2D eigenvalue weighted by Gasteiger charge is 2.20. The Kier molecular flexibility index (Phi) is 5.67. The first-order chi connectivity index (χ1) is 10.6. The van der Waals surface area contributed by atoms with Gasteiger partial charge in [0.05, 0.1) is 0 Å². The number of nitrogens with zero attached hydrogens (tertiary/aromatic N) is 1. The van der Waals surface area contributed by atoms with E-state index in [9.17, 15) is 9.18 Å². The molecule has 0 aliphatic rings. The van der Waals surface area contributed by atoms with Crippen LogP contribution < -0.4 is 5.73 Å². The monoisotopic (exact) mass is 300 g/mol. The van der Waals surface area contributed by atoms with E-state index in [2.05, 4.69) is 0 Å². The molecule has 0 radical (unpaired) electrons. The first-order valence-corrected chi connectivity index (χ1v) is 7.38. The Balaban J connectivity index is 2.12. The molecule has 1 unspecified atom stereocenters. The molecule has 0 spiro atoms.